The van der Waals surface area contributed by atoms with E-state index < -0.39 is 22.8 Å². The minimum Gasteiger partial charge on any atom is -0.503 e. The number of hydrogen-bond donors (Lipinski definition) is 3. The van der Waals surface area contributed by atoms with Crippen molar-refractivity contribution in [2.75, 3.05) is 13.7 Å². The van der Waals surface area contributed by atoms with Crippen molar-refractivity contribution in [3.63, 3.8) is 0 Å². The number of ether oxygens (including phenoxy) is 1. The minimum atomic E-state index is -0.725. The highest BCUT2D eigenvalue weighted by Crippen LogP contribution is 2.42. The maximum absolute atomic E-state index is 12.3. The van der Waals surface area contributed by atoms with Crippen LogP contribution < -0.4 is 10.1 Å². The molecule has 0 fully saturated rings. The monoisotopic (exact) mass is 377 g/mol. The molecule has 2 aromatic rings. The van der Waals surface area contributed by atoms with Gasteiger partial charge in [0, 0.05) is 12.0 Å². The molecule has 140 valence electrons. The molecule has 0 spiro atoms. The predicted octanol–water partition coefficient (Wildman–Crippen LogP) is 3.37. The van der Waals surface area contributed by atoms with Crippen molar-refractivity contribution in [2.24, 2.45) is 5.41 Å². The molecule has 0 unspecified atom stereocenters. The van der Waals surface area contributed by atoms with Crippen LogP contribution in [0.5, 0.6) is 17.2 Å². The summed E-state index contributed by atoms with van der Waals surface area (Å²) >= 11 is 0.802. The number of aromatic hydroxyl groups is 2. The second kappa shape index (κ2) is 7.78. The molecule has 0 radical (unpaired) electrons. The molecule has 26 heavy (non-hydrogen) atoms. The van der Waals surface area contributed by atoms with Crippen molar-refractivity contribution in [3.8, 4) is 17.2 Å². The van der Waals surface area contributed by atoms with Gasteiger partial charge in [0.1, 0.15) is 15.5 Å². The van der Waals surface area contributed by atoms with E-state index in [1.165, 1.54) is 0 Å². The molecule has 1 aromatic carbocycles. The molecular formula is C19H23NO5S. The molecule has 0 saturated heterocycles. The van der Waals surface area contributed by atoms with Crippen LogP contribution in [0.3, 0.4) is 0 Å². The van der Waals surface area contributed by atoms with E-state index in [4.69, 9.17) is 4.74 Å². The number of methoxy groups -OCH3 is 1. The third-order valence-electron chi connectivity index (χ3n) is 3.81. The molecule has 0 aliphatic carbocycles. The molecule has 0 aliphatic heterocycles. The Hall–Kier alpha value is -2.54. The van der Waals surface area contributed by atoms with Gasteiger partial charge in [0.05, 0.1) is 7.11 Å². The van der Waals surface area contributed by atoms with E-state index in [0.717, 1.165) is 22.6 Å². The van der Waals surface area contributed by atoms with Gasteiger partial charge in [0.2, 0.25) is 0 Å². The Bertz CT molecular complexity index is 803. The molecule has 1 amide bonds. The lowest BCUT2D eigenvalue weighted by Gasteiger charge is -2.14. The highest BCUT2D eigenvalue weighted by Gasteiger charge is 2.32. The first-order chi connectivity index (χ1) is 12.1. The Morgan fingerprint density at radius 1 is 1.08 bits per heavy atom. The zero-order chi connectivity index (χ0) is 19.5. The van der Waals surface area contributed by atoms with E-state index in [1.54, 1.807) is 27.9 Å². The molecule has 1 heterocycles. The third-order valence-corrected chi connectivity index (χ3v) is 4.98. The number of hydrogen-bond acceptors (Lipinski definition) is 6. The van der Waals surface area contributed by atoms with Crippen molar-refractivity contribution in [1.29, 1.82) is 0 Å². The average molecular weight is 377 g/mol. The number of benzene rings is 1. The lowest BCUT2D eigenvalue weighted by atomic mass is 9.90. The summed E-state index contributed by atoms with van der Waals surface area (Å²) in [5, 5.41) is 22.7. The van der Waals surface area contributed by atoms with Gasteiger partial charge in [-0.2, -0.15) is 0 Å². The van der Waals surface area contributed by atoms with Crippen LogP contribution in [-0.2, 0) is 6.42 Å². The van der Waals surface area contributed by atoms with E-state index in [0.29, 0.717) is 13.0 Å². The van der Waals surface area contributed by atoms with Crippen molar-refractivity contribution >= 4 is 23.0 Å². The second-order valence-corrected chi connectivity index (χ2v) is 7.91. The smallest absolute Gasteiger partial charge is 0.265 e. The Morgan fingerprint density at radius 2 is 1.65 bits per heavy atom. The summed E-state index contributed by atoms with van der Waals surface area (Å²) in [5.74, 6) is -1.18. The SMILES string of the molecule is COc1ccc(CCNC(=O)c2sc(C(=O)C(C)(C)C)c(O)c2O)cc1. The Kier molecular flexibility index (Phi) is 5.92. The Morgan fingerprint density at radius 3 is 2.19 bits per heavy atom. The fraction of sp³-hybridized carbons (Fsp3) is 0.368. The van der Waals surface area contributed by atoms with Crippen LogP contribution in [0.25, 0.3) is 0 Å². The number of ketones is 1. The van der Waals surface area contributed by atoms with Crippen molar-refractivity contribution in [3.05, 3.63) is 39.6 Å². The second-order valence-electron chi connectivity index (χ2n) is 6.89. The van der Waals surface area contributed by atoms with Crippen molar-refractivity contribution in [2.45, 2.75) is 27.2 Å². The van der Waals surface area contributed by atoms with E-state index in [-0.39, 0.29) is 15.5 Å². The maximum atomic E-state index is 12.3. The number of carbonyl (C=O) groups excluding carboxylic acids is 2. The van der Waals surface area contributed by atoms with Crippen LogP contribution >= 0.6 is 11.3 Å². The highest BCUT2D eigenvalue weighted by atomic mass is 32.1. The van der Waals surface area contributed by atoms with Gasteiger partial charge in [0.25, 0.3) is 5.91 Å². The predicted molar refractivity (Wildman–Crippen MR) is 100 cm³/mol. The Balaban J connectivity index is 2.04. The fourth-order valence-electron chi connectivity index (χ4n) is 2.26. The van der Waals surface area contributed by atoms with E-state index in [9.17, 15) is 19.8 Å². The van der Waals surface area contributed by atoms with Gasteiger partial charge in [-0.15, -0.1) is 11.3 Å². The first-order valence-electron chi connectivity index (χ1n) is 8.15. The van der Waals surface area contributed by atoms with Crippen LogP contribution in [0.15, 0.2) is 24.3 Å². The largest absolute Gasteiger partial charge is 0.503 e. The number of carbonyl (C=O) groups is 2. The molecule has 7 heteroatoms. The summed E-state index contributed by atoms with van der Waals surface area (Å²) in [6.45, 7) is 5.48. The number of amides is 1. The van der Waals surface area contributed by atoms with Crippen LogP contribution in [-0.4, -0.2) is 35.6 Å². The van der Waals surface area contributed by atoms with Gasteiger partial charge in [-0.25, -0.2) is 0 Å². The summed E-state index contributed by atoms with van der Waals surface area (Å²) in [5.41, 5.74) is 0.296. The van der Waals surface area contributed by atoms with Gasteiger partial charge >= 0.3 is 0 Å². The third kappa shape index (κ3) is 4.35. The molecular weight excluding hydrogens is 354 g/mol. The fourth-order valence-corrected chi connectivity index (χ4v) is 3.41. The normalized spacial score (nSPS) is 11.2. The number of thiophene rings is 1. The van der Waals surface area contributed by atoms with Crippen LogP contribution in [0, 0.1) is 5.41 Å². The summed E-state index contributed by atoms with van der Waals surface area (Å²) in [6.07, 6.45) is 0.599. The molecule has 2 rings (SSSR count). The summed E-state index contributed by atoms with van der Waals surface area (Å²) in [4.78, 5) is 24.5. The lowest BCUT2D eigenvalue weighted by Crippen LogP contribution is -2.25. The molecule has 0 atom stereocenters. The van der Waals surface area contributed by atoms with Crippen LogP contribution in [0.2, 0.25) is 0 Å². The lowest BCUT2D eigenvalue weighted by molar-refractivity contribution is 0.0859. The average Bonchev–Trinajstić information content (AvgIpc) is 2.89. The van der Waals surface area contributed by atoms with Gasteiger partial charge in [0.15, 0.2) is 17.3 Å². The van der Waals surface area contributed by atoms with E-state index in [2.05, 4.69) is 5.32 Å². The van der Waals surface area contributed by atoms with Crippen molar-refractivity contribution < 1.29 is 24.5 Å². The first-order valence-corrected chi connectivity index (χ1v) is 8.97. The quantitative estimate of drug-likeness (QED) is 0.671. The van der Waals surface area contributed by atoms with Gasteiger partial charge < -0.3 is 20.3 Å². The Labute approximate surface area is 156 Å². The summed E-state index contributed by atoms with van der Waals surface area (Å²) in [6, 6.07) is 7.48. The number of nitrogens with one attached hydrogen (secondary N) is 1. The number of rotatable bonds is 6. The molecule has 3 N–H and O–H groups in total. The van der Waals surface area contributed by atoms with Crippen molar-refractivity contribution in [1.82, 2.24) is 5.32 Å². The molecule has 0 aliphatic rings. The zero-order valence-corrected chi connectivity index (χ0v) is 16.1. The summed E-state index contributed by atoms with van der Waals surface area (Å²) in [7, 11) is 1.59. The van der Waals surface area contributed by atoms with Gasteiger partial charge in [-0.3, -0.25) is 9.59 Å². The number of Topliss-reactive ketones (excluding diaryl/α,β-unsaturated/α-hetero) is 1. The minimum absolute atomic E-state index is 0.00435. The molecule has 1 aromatic heterocycles. The van der Waals surface area contributed by atoms with Gasteiger partial charge in [-0.1, -0.05) is 32.9 Å². The standard InChI is InChI=1S/C19H23NO5S/c1-19(2,3)17(23)15-13(21)14(22)16(26-15)18(24)20-10-9-11-5-7-12(25-4)8-6-11/h5-8,21-22H,9-10H2,1-4H3,(H,20,24). The van der Waals surface area contributed by atoms with E-state index in [1.807, 2.05) is 24.3 Å². The van der Waals surface area contributed by atoms with Gasteiger partial charge in [-0.05, 0) is 24.1 Å². The van der Waals surface area contributed by atoms with Crippen LogP contribution in [0.4, 0.5) is 0 Å². The molecule has 6 nitrogen and oxygen atoms in total. The first kappa shape index (κ1) is 19.8. The highest BCUT2D eigenvalue weighted by molar-refractivity contribution is 7.16. The maximum Gasteiger partial charge on any atom is 0.265 e. The zero-order valence-electron chi connectivity index (χ0n) is 15.3. The topological polar surface area (TPSA) is 95.9 Å². The summed E-state index contributed by atoms with van der Waals surface area (Å²) < 4.78 is 5.09. The van der Waals surface area contributed by atoms with E-state index >= 15 is 0 Å². The molecule has 0 bridgehead atoms. The van der Waals surface area contributed by atoms with Crippen LogP contribution in [0.1, 0.15) is 45.7 Å². The molecule has 0 saturated carbocycles.